The predicted molar refractivity (Wildman–Crippen MR) is 126 cm³/mol. The molecule has 9 heteroatoms. The van der Waals surface area contributed by atoms with Crippen LogP contribution in [0.4, 0.5) is 0 Å². The smallest absolute Gasteiger partial charge is 0.194 e. The first-order valence-electron chi connectivity index (χ1n) is 10.6. The van der Waals surface area contributed by atoms with Crippen LogP contribution in [-0.4, -0.2) is 90.2 Å². The molecule has 1 N–H and O–H groups in total. The second kappa shape index (κ2) is 12.1. The fourth-order valence-electron chi connectivity index (χ4n) is 4.02. The van der Waals surface area contributed by atoms with Gasteiger partial charge in [-0.05, 0) is 27.2 Å². The van der Waals surface area contributed by atoms with Crippen molar-refractivity contribution >= 4 is 29.9 Å². The summed E-state index contributed by atoms with van der Waals surface area (Å²) in [4.78, 5) is 9.69. The van der Waals surface area contributed by atoms with Crippen molar-refractivity contribution in [3.8, 4) is 0 Å². The third-order valence-electron chi connectivity index (χ3n) is 5.19. The highest BCUT2D eigenvalue weighted by Gasteiger charge is 2.25. The maximum absolute atomic E-state index is 5.96. The van der Waals surface area contributed by atoms with E-state index in [0.717, 1.165) is 63.8 Å². The average Bonchev–Trinajstić information content (AvgIpc) is 3.10. The van der Waals surface area contributed by atoms with Gasteiger partial charge in [-0.2, -0.15) is 5.10 Å². The lowest BCUT2D eigenvalue weighted by atomic mass is 10.1. The van der Waals surface area contributed by atoms with Gasteiger partial charge in [-0.3, -0.25) is 14.6 Å². The summed E-state index contributed by atoms with van der Waals surface area (Å²) < 4.78 is 13.6. The molecule has 0 aromatic carbocycles. The summed E-state index contributed by atoms with van der Waals surface area (Å²) in [6.07, 6.45) is 5.67. The zero-order valence-electron chi connectivity index (χ0n) is 18.2. The van der Waals surface area contributed by atoms with Crippen LogP contribution in [-0.2, 0) is 16.5 Å². The summed E-state index contributed by atoms with van der Waals surface area (Å²) in [6, 6.07) is 0. The maximum Gasteiger partial charge on any atom is 0.194 e. The van der Waals surface area contributed by atoms with Crippen LogP contribution in [0, 0.1) is 0 Å². The van der Waals surface area contributed by atoms with E-state index < -0.39 is 0 Å². The average molecular weight is 520 g/mol. The summed E-state index contributed by atoms with van der Waals surface area (Å²) in [5.41, 5.74) is 1.12. The number of morpholine rings is 2. The summed E-state index contributed by atoms with van der Waals surface area (Å²) in [5, 5.41) is 7.72. The topological polar surface area (TPSA) is 67.2 Å². The van der Waals surface area contributed by atoms with Gasteiger partial charge in [0.2, 0.25) is 0 Å². The highest BCUT2D eigenvalue weighted by molar-refractivity contribution is 14.0. The predicted octanol–water partition coefficient (Wildman–Crippen LogP) is 1.88. The molecule has 0 spiro atoms. The van der Waals surface area contributed by atoms with E-state index in [9.17, 15) is 0 Å². The van der Waals surface area contributed by atoms with Gasteiger partial charge in [0.05, 0.1) is 31.6 Å². The van der Waals surface area contributed by atoms with Crippen LogP contribution in [0.15, 0.2) is 17.4 Å². The van der Waals surface area contributed by atoms with Crippen molar-refractivity contribution in [2.75, 3.05) is 52.4 Å². The van der Waals surface area contributed by atoms with Gasteiger partial charge < -0.3 is 19.7 Å². The standard InChI is InChI=1S/C20H36N6O2.HI/c1-5-21-20(22-7-6-8-25-12-16(2)28-17(3)13-25)26-9-10-27-19(15-26)18-11-23-24(4)14-18;/h11,14,16-17,19H,5-10,12-13,15H2,1-4H3,(H,21,22);1H. The normalized spacial score (nSPS) is 26.3. The molecule has 8 nitrogen and oxygen atoms in total. The minimum absolute atomic E-state index is 0. The Kier molecular flexibility index (Phi) is 10.1. The Bertz CT molecular complexity index is 630. The van der Waals surface area contributed by atoms with Gasteiger partial charge in [0.25, 0.3) is 0 Å². The van der Waals surface area contributed by atoms with Gasteiger partial charge in [0.1, 0.15) is 6.10 Å². The monoisotopic (exact) mass is 520 g/mol. The van der Waals surface area contributed by atoms with Crippen LogP contribution in [0.5, 0.6) is 0 Å². The number of nitrogens with one attached hydrogen (secondary N) is 1. The van der Waals surface area contributed by atoms with Crippen molar-refractivity contribution in [1.29, 1.82) is 0 Å². The van der Waals surface area contributed by atoms with Crippen LogP contribution in [0.25, 0.3) is 0 Å². The lowest BCUT2D eigenvalue weighted by molar-refractivity contribution is -0.0679. The van der Waals surface area contributed by atoms with Crippen molar-refractivity contribution in [1.82, 2.24) is 24.9 Å². The molecule has 2 aliphatic heterocycles. The van der Waals surface area contributed by atoms with Crippen LogP contribution in [0.3, 0.4) is 0 Å². The second-order valence-electron chi connectivity index (χ2n) is 7.86. The van der Waals surface area contributed by atoms with E-state index in [1.54, 1.807) is 0 Å². The summed E-state index contributed by atoms with van der Waals surface area (Å²) >= 11 is 0. The molecule has 0 radical (unpaired) electrons. The number of rotatable bonds is 6. The Hall–Kier alpha value is -0.910. The number of guanidine groups is 1. The van der Waals surface area contributed by atoms with Gasteiger partial charge in [0.15, 0.2) is 5.96 Å². The molecule has 0 aliphatic carbocycles. The lowest BCUT2D eigenvalue weighted by Gasteiger charge is -2.35. The van der Waals surface area contributed by atoms with E-state index in [1.165, 1.54) is 0 Å². The number of hydrogen-bond acceptors (Lipinski definition) is 5. The number of ether oxygens (including phenoxy) is 2. The van der Waals surface area contributed by atoms with Crippen molar-refractivity contribution in [3.63, 3.8) is 0 Å². The molecule has 3 rings (SSSR count). The molecule has 3 atom stereocenters. The molecule has 2 fully saturated rings. The molecule has 2 aliphatic rings. The maximum atomic E-state index is 5.96. The first kappa shape index (κ1) is 24.4. The van der Waals surface area contributed by atoms with Gasteiger partial charge in [0, 0.05) is 58.1 Å². The number of aromatic nitrogens is 2. The SMILES string of the molecule is CCNC(=NCCCN1CC(C)OC(C)C1)N1CCOC(c2cnn(C)c2)C1.I. The van der Waals surface area contributed by atoms with E-state index >= 15 is 0 Å². The van der Waals surface area contributed by atoms with Crippen LogP contribution in [0.2, 0.25) is 0 Å². The Morgan fingerprint density at radius 3 is 2.69 bits per heavy atom. The number of nitrogens with zero attached hydrogens (tertiary/aromatic N) is 5. The quantitative estimate of drug-likeness (QED) is 0.268. The first-order chi connectivity index (χ1) is 13.5. The molecule has 0 saturated carbocycles. The van der Waals surface area contributed by atoms with E-state index in [0.29, 0.717) is 18.8 Å². The van der Waals surface area contributed by atoms with Gasteiger partial charge >= 0.3 is 0 Å². The zero-order chi connectivity index (χ0) is 19.9. The molecule has 2 saturated heterocycles. The van der Waals surface area contributed by atoms with E-state index in [1.807, 2.05) is 24.1 Å². The third kappa shape index (κ3) is 7.37. The van der Waals surface area contributed by atoms with E-state index in [4.69, 9.17) is 14.5 Å². The summed E-state index contributed by atoms with van der Waals surface area (Å²) in [7, 11) is 1.94. The van der Waals surface area contributed by atoms with Crippen molar-refractivity contribution in [3.05, 3.63) is 18.0 Å². The fraction of sp³-hybridized carbons (Fsp3) is 0.800. The number of aliphatic imine (C=N–C) groups is 1. The number of halogens is 1. The van der Waals surface area contributed by atoms with Crippen molar-refractivity contribution in [2.45, 2.75) is 45.5 Å². The molecule has 3 heterocycles. The minimum atomic E-state index is 0. The molecule has 0 amide bonds. The summed E-state index contributed by atoms with van der Waals surface area (Å²) in [5.74, 6) is 0.989. The number of aryl methyl sites for hydroxylation is 1. The van der Waals surface area contributed by atoms with Gasteiger partial charge in [-0.25, -0.2) is 0 Å². The molecule has 3 unspecified atom stereocenters. The van der Waals surface area contributed by atoms with Crippen molar-refractivity contribution < 1.29 is 9.47 Å². The van der Waals surface area contributed by atoms with Gasteiger partial charge in [-0.1, -0.05) is 0 Å². The Morgan fingerprint density at radius 2 is 2.03 bits per heavy atom. The molecule has 1 aromatic heterocycles. The molecule has 1 aromatic rings. The van der Waals surface area contributed by atoms with Crippen LogP contribution in [0.1, 0.15) is 38.9 Å². The van der Waals surface area contributed by atoms with E-state index in [-0.39, 0.29) is 30.1 Å². The third-order valence-corrected chi connectivity index (χ3v) is 5.19. The Balaban J connectivity index is 0.00000300. The minimum Gasteiger partial charge on any atom is -0.373 e. The summed E-state index contributed by atoms with van der Waals surface area (Å²) in [6.45, 7) is 13.6. The molecule has 29 heavy (non-hydrogen) atoms. The molecule has 0 bridgehead atoms. The molecular weight excluding hydrogens is 483 g/mol. The van der Waals surface area contributed by atoms with Gasteiger partial charge in [-0.15, -0.1) is 24.0 Å². The highest BCUT2D eigenvalue weighted by Crippen LogP contribution is 2.21. The van der Waals surface area contributed by atoms with Crippen molar-refractivity contribution in [2.24, 2.45) is 12.0 Å². The largest absolute Gasteiger partial charge is 0.373 e. The number of hydrogen-bond donors (Lipinski definition) is 1. The van der Waals surface area contributed by atoms with E-state index in [2.05, 4.69) is 41.0 Å². The molecular formula is C20H37IN6O2. The van der Waals surface area contributed by atoms with Crippen LogP contribution >= 0.6 is 24.0 Å². The Morgan fingerprint density at radius 1 is 1.28 bits per heavy atom. The Labute approximate surface area is 192 Å². The lowest BCUT2D eigenvalue weighted by Crippen LogP contribution is -2.48. The highest BCUT2D eigenvalue weighted by atomic mass is 127. The first-order valence-corrected chi connectivity index (χ1v) is 10.6. The van der Waals surface area contributed by atoms with Crippen LogP contribution < -0.4 is 5.32 Å². The second-order valence-corrected chi connectivity index (χ2v) is 7.86. The zero-order valence-corrected chi connectivity index (χ0v) is 20.5. The fourth-order valence-corrected chi connectivity index (χ4v) is 4.02. The molecule has 166 valence electrons.